The standard InChI is InChI=1S/C17H22N2/c1-13-11-16(14-7-3-4-8-15(14)19-13)18-12-17(2)9-5-6-10-17/h3-4,7-8,11H,5-6,9-10,12H2,1-2H3,(H,18,19). The van der Waals surface area contributed by atoms with Crippen LogP contribution in [-0.4, -0.2) is 11.5 Å². The summed E-state index contributed by atoms with van der Waals surface area (Å²) in [6, 6.07) is 10.5. The molecule has 2 nitrogen and oxygen atoms in total. The minimum Gasteiger partial charge on any atom is -0.384 e. The van der Waals surface area contributed by atoms with Crippen molar-refractivity contribution in [1.82, 2.24) is 4.98 Å². The molecule has 1 saturated carbocycles. The van der Waals surface area contributed by atoms with Gasteiger partial charge in [0.05, 0.1) is 5.52 Å². The van der Waals surface area contributed by atoms with Gasteiger partial charge in [0.1, 0.15) is 0 Å². The van der Waals surface area contributed by atoms with E-state index in [0.29, 0.717) is 5.41 Å². The van der Waals surface area contributed by atoms with Gasteiger partial charge in [-0.05, 0) is 37.3 Å². The lowest BCUT2D eigenvalue weighted by atomic mass is 9.89. The second-order valence-electron chi connectivity index (χ2n) is 6.20. The van der Waals surface area contributed by atoms with Crippen molar-refractivity contribution in [2.24, 2.45) is 5.41 Å². The van der Waals surface area contributed by atoms with E-state index in [-0.39, 0.29) is 0 Å². The second kappa shape index (κ2) is 4.84. The third-order valence-corrected chi connectivity index (χ3v) is 4.36. The maximum Gasteiger partial charge on any atom is 0.0725 e. The molecule has 100 valence electrons. The van der Waals surface area contributed by atoms with Crippen molar-refractivity contribution < 1.29 is 0 Å². The number of anilines is 1. The Kier molecular flexibility index (Phi) is 3.17. The van der Waals surface area contributed by atoms with Gasteiger partial charge in [-0.15, -0.1) is 0 Å². The Hall–Kier alpha value is -1.57. The zero-order valence-electron chi connectivity index (χ0n) is 11.9. The molecule has 2 heteroatoms. The minimum atomic E-state index is 0.471. The van der Waals surface area contributed by atoms with E-state index in [1.54, 1.807) is 0 Å². The van der Waals surface area contributed by atoms with Crippen LogP contribution in [0, 0.1) is 12.3 Å². The van der Waals surface area contributed by atoms with Gasteiger partial charge in [0.2, 0.25) is 0 Å². The Morgan fingerprint density at radius 1 is 1.21 bits per heavy atom. The van der Waals surface area contributed by atoms with Crippen LogP contribution in [0.4, 0.5) is 5.69 Å². The molecule has 0 unspecified atom stereocenters. The Bertz CT molecular complexity index is 583. The van der Waals surface area contributed by atoms with Gasteiger partial charge in [0.25, 0.3) is 0 Å². The zero-order valence-corrected chi connectivity index (χ0v) is 11.9. The van der Waals surface area contributed by atoms with Crippen LogP contribution < -0.4 is 5.32 Å². The van der Waals surface area contributed by atoms with Gasteiger partial charge < -0.3 is 5.32 Å². The number of rotatable bonds is 3. The van der Waals surface area contributed by atoms with Gasteiger partial charge in [-0.25, -0.2) is 0 Å². The molecule has 1 heterocycles. The summed E-state index contributed by atoms with van der Waals surface area (Å²) in [4.78, 5) is 4.59. The summed E-state index contributed by atoms with van der Waals surface area (Å²) in [7, 11) is 0. The molecule has 0 radical (unpaired) electrons. The number of hydrogen-bond acceptors (Lipinski definition) is 2. The lowest BCUT2D eigenvalue weighted by Gasteiger charge is -2.25. The summed E-state index contributed by atoms with van der Waals surface area (Å²) < 4.78 is 0. The van der Waals surface area contributed by atoms with Gasteiger partial charge in [-0.2, -0.15) is 0 Å². The van der Waals surface area contributed by atoms with Crippen molar-refractivity contribution in [3.8, 4) is 0 Å². The van der Waals surface area contributed by atoms with E-state index in [9.17, 15) is 0 Å². The normalized spacial score (nSPS) is 17.8. The predicted molar refractivity (Wildman–Crippen MR) is 81.5 cm³/mol. The highest BCUT2D eigenvalue weighted by atomic mass is 14.9. The van der Waals surface area contributed by atoms with Crippen LogP contribution in [0.1, 0.15) is 38.3 Å². The van der Waals surface area contributed by atoms with Crippen molar-refractivity contribution in [3.63, 3.8) is 0 Å². The second-order valence-corrected chi connectivity index (χ2v) is 6.20. The van der Waals surface area contributed by atoms with Gasteiger partial charge in [-0.3, -0.25) is 4.98 Å². The van der Waals surface area contributed by atoms with Crippen molar-refractivity contribution >= 4 is 16.6 Å². The van der Waals surface area contributed by atoms with Crippen LogP contribution in [-0.2, 0) is 0 Å². The SMILES string of the molecule is Cc1cc(NCC2(C)CCCC2)c2ccccc2n1. The molecule has 0 aliphatic heterocycles. The fourth-order valence-electron chi connectivity index (χ4n) is 3.17. The van der Waals surface area contributed by atoms with E-state index in [0.717, 1.165) is 17.8 Å². The van der Waals surface area contributed by atoms with Gasteiger partial charge in [-0.1, -0.05) is 38.0 Å². The first kappa shape index (κ1) is 12.5. The molecule has 1 fully saturated rings. The third-order valence-electron chi connectivity index (χ3n) is 4.36. The zero-order chi connectivity index (χ0) is 13.3. The molecule has 1 aliphatic carbocycles. The topological polar surface area (TPSA) is 24.9 Å². The molecule has 0 atom stereocenters. The number of benzene rings is 1. The lowest BCUT2D eigenvalue weighted by molar-refractivity contribution is 0.362. The van der Waals surface area contributed by atoms with E-state index in [1.165, 1.54) is 36.8 Å². The van der Waals surface area contributed by atoms with Crippen molar-refractivity contribution in [2.75, 3.05) is 11.9 Å². The van der Waals surface area contributed by atoms with E-state index in [4.69, 9.17) is 0 Å². The predicted octanol–water partition coefficient (Wildman–Crippen LogP) is 4.54. The smallest absolute Gasteiger partial charge is 0.0725 e. The maximum atomic E-state index is 4.59. The Labute approximate surface area is 115 Å². The van der Waals surface area contributed by atoms with Crippen LogP contribution in [0.5, 0.6) is 0 Å². The fraction of sp³-hybridized carbons (Fsp3) is 0.471. The number of fused-ring (bicyclic) bond motifs is 1. The molecule has 0 amide bonds. The van der Waals surface area contributed by atoms with Crippen molar-refractivity contribution in [3.05, 3.63) is 36.0 Å². The van der Waals surface area contributed by atoms with E-state index < -0.39 is 0 Å². The maximum absolute atomic E-state index is 4.59. The molecular formula is C17H22N2. The summed E-state index contributed by atoms with van der Waals surface area (Å²) >= 11 is 0. The first-order chi connectivity index (χ1) is 9.16. The highest BCUT2D eigenvalue weighted by molar-refractivity contribution is 5.91. The number of aromatic nitrogens is 1. The van der Waals surface area contributed by atoms with Crippen LogP contribution >= 0.6 is 0 Å². The van der Waals surface area contributed by atoms with Gasteiger partial charge in [0.15, 0.2) is 0 Å². The molecule has 1 aromatic heterocycles. The molecule has 0 bridgehead atoms. The molecule has 1 N–H and O–H groups in total. The highest BCUT2D eigenvalue weighted by Gasteiger charge is 2.28. The van der Waals surface area contributed by atoms with Crippen LogP contribution in [0.2, 0.25) is 0 Å². The van der Waals surface area contributed by atoms with Crippen molar-refractivity contribution in [2.45, 2.75) is 39.5 Å². The highest BCUT2D eigenvalue weighted by Crippen LogP contribution is 2.38. The van der Waals surface area contributed by atoms with E-state index >= 15 is 0 Å². The van der Waals surface area contributed by atoms with Crippen molar-refractivity contribution in [1.29, 1.82) is 0 Å². The molecular weight excluding hydrogens is 232 g/mol. The quantitative estimate of drug-likeness (QED) is 0.870. The van der Waals surface area contributed by atoms with Gasteiger partial charge >= 0.3 is 0 Å². The van der Waals surface area contributed by atoms with Crippen LogP contribution in [0.3, 0.4) is 0 Å². The summed E-state index contributed by atoms with van der Waals surface area (Å²) in [6.45, 7) is 5.54. The number of pyridine rings is 1. The lowest BCUT2D eigenvalue weighted by Crippen LogP contribution is -2.23. The first-order valence-electron chi connectivity index (χ1n) is 7.27. The largest absolute Gasteiger partial charge is 0.384 e. The Balaban J connectivity index is 1.87. The molecule has 19 heavy (non-hydrogen) atoms. The van der Waals surface area contributed by atoms with Crippen LogP contribution in [0.15, 0.2) is 30.3 Å². The number of aryl methyl sites for hydroxylation is 1. The fourth-order valence-corrected chi connectivity index (χ4v) is 3.17. The molecule has 0 spiro atoms. The summed E-state index contributed by atoms with van der Waals surface area (Å²) in [5, 5.41) is 4.90. The minimum absolute atomic E-state index is 0.471. The monoisotopic (exact) mass is 254 g/mol. The number of para-hydroxylation sites is 1. The van der Waals surface area contributed by atoms with E-state index in [2.05, 4.69) is 54.5 Å². The summed E-state index contributed by atoms with van der Waals surface area (Å²) in [5.41, 5.74) is 3.87. The number of nitrogens with one attached hydrogen (secondary N) is 1. The molecule has 1 aliphatic rings. The molecule has 2 aromatic rings. The first-order valence-corrected chi connectivity index (χ1v) is 7.27. The molecule has 3 rings (SSSR count). The van der Waals surface area contributed by atoms with Crippen LogP contribution in [0.25, 0.3) is 10.9 Å². The average Bonchev–Trinajstić information content (AvgIpc) is 2.83. The molecule has 0 saturated heterocycles. The summed E-state index contributed by atoms with van der Waals surface area (Å²) in [6.07, 6.45) is 5.46. The average molecular weight is 254 g/mol. The third kappa shape index (κ3) is 2.58. The number of nitrogens with zero attached hydrogens (tertiary/aromatic N) is 1. The van der Waals surface area contributed by atoms with E-state index in [1.807, 2.05) is 0 Å². The Morgan fingerprint density at radius 3 is 2.74 bits per heavy atom. The summed E-state index contributed by atoms with van der Waals surface area (Å²) in [5.74, 6) is 0. The number of hydrogen-bond donors (Lipinski definition) is 1. The Morgan fingerprint density at radius 2 is 1.95 bits per heavy atom. The van der Waals surface area contributed by atoms with Gasteiger partial charge in [0, 0.05) is 23.3 Å². The molecule has 1 aromatic carbocycles.